The lowest BCUT2D eigenvalue weighted by atomic mass is 9.92. The number of carbonyl (C=O) groups excluding carboxylic acids is 1. The van der Waals surface area contributed by atoms with Crippen LogP contribution in [-0.2, 0) is 17.6 Å². The van der Waals surface area contributed by atoms with Crippen LogP contribution in [0.15, 0.2) is 0 Å². The van der Waals surface area contributed by atoms with E-state index >= 15 is 0 Å². The molecule has 0 saturated carbocycles. The Hall–Kier alpha value is -0.900. The van der Waals surface area contributed by atoms with Crippen molar-refractivity contribution in [3.63, 3.8) is 0 Å². The van der Waals surface area contributed by atoms with E-state index in [2.05, 4.69) is 44.9 Å². The molecule has 0 aliphatic heterocycles. The summed E-state index contributed by atoms with van der Waals surface area (Å²) in [5.41, 5.74) is 1.24. The van der Waals surface area contributed by atoms with Gasteiger partial charge in [-0.05, 0) is 18.8 Å². The summed E-state index contributed by atoms with van der Waals surface area (Å²) in [4.78, 5) is 17.5. The number of nitrogens with zero attached hydrogens (tertiary/aromatic N) is 1. The van der Waals surface area contributed by atoms with Crippen molar-refractivity contribution >= 4 is 17.2 Å². The fourth-order valence-corrected chi connectivity index (χ4v) is 2.80. The summed E-state index contributed by atoms with van der Waals surface area (Å²) >= 11 is 1.74. The molecule has 1 N–H and O–H groups in total. The van der Waals surface area contributed by atoms with Crippen LogP contribution >= 0.6 is 11.3 Å². The van der Waals surface area contributed by atoms with Gasteiger partial charge in [-0.25, -0.2) is 4.98 Å². The third-order valence-corrected chi connectivity index (χ3v) is 3.70. The molecule has 0 atom stereocenters. The van der Waals surface area contributed by atoms with Crippen LogP contribution in [0.4, 0.5) is 0 Å². The van der Waals surface area contributed by atoms with Gasteiger partial charge < -0.3 is 5.32 Å². The van der Waals surface area contributed by atoms with Crippen molar-refractivity contribution in [2.45, 2.75) is 53.9 Å². The van der Waals surface area contributed by atoms with Crippen LogP contribution in [0.3, 0.4) is 0 Å². The number of hydrogen-bond donors (Lipinski definition) is 1. The molecule has 1 rings (SSSR count). The SMILES string of the molecule is CCc1nc(CCNC(=O)CC(C)(C)C)sc1C. The molecule has 0 aliphatic carbocycles. The first-order chi connectivity index (χ1) is 8.31. The highest BCUT2D eigenvalue weighted by Gasteiger charge is 2.15. The van der Waals surface area contributed by atoms with Crippen LogP contribution in [-0.4, -0.2) is 17.4 Å². The fourth-order valence-electron chi connectivity index (χ4n) is 1.78. The van der Waals surface area contributed by atoms with E-state index in [1.807, 2.05) is 0 Å². The Balaban J connectivity index is 2.35. The third kappa shape index (κ3) is 5.17. The van der Waals surface area contributed by atoms with Crippen LogP contribution in [0.1, 0.15) is 49.7 Å². The molecule has 0 aliphatic rings. The number of aryl methyl sites for hydroxylation is 2. The Morgan fingerprint density at radius 3 is 2.56 bits per heavy atom. The summed E-state index contributed by atoms with van der Waals surface area (Å²) in [5.74, 6) is 0.131. The van der Waals surface area contributed by atoms with Crippen LogP contribution in [0.25, 0.3) is 0 Å². The summed E-state index contributed by atoms with van der Waals surface area (Å²) in [6.45, 7) is 11.1. The van der Waals surface area contributed by atoms with Gasteiger partial charge >= 0.3 is 0 Å². The lowest BCUT2D eigenvalue weighted by Crippen LogP contribution is -2.29. The monoisotopic (exact) mass is 268 g/mol. The topological polar surface area (TPSA) is 42.0 Å². The standard InChI is InChI=1S/C14H24N2OS/c1-6-11-10(2)18-13(16-11)7-8-15-12(17)9-14(3,4)5/h6-9H2,1-5H3,(H,15,17). The highest BCUT2D eigenvalue weighted by atomic mass is 32.1. The van der Waals surface area contributed by atoms with Crippen molar-refractivity contribution in [2.75, 3.05) is 6.54 Å². The average molecular weight is 268 g/mol. The largest absolute Gasteiger partial charge is 0.356 e. The Morgan fingerprint density at radius 1 is 1.39 bits per heavy atom. The van der Waals surface area contributed by atoms with Crippen molar-refractivity contribution in [1.82, 2.24) is 10.3 Å². The molecule has 0 spiro atoms. The Labute approximate surface area is 114 Å². The van der Waals surface area contributed by atoms with Crippen molar-refractivity contribution in [3.05, 3.63) is 15.6 Å². The summed E-state index contributed by atoms with van der Waals surface area (Å²) in [6.07, 6.45) is 2.39. The van der Waals surface area contributed by atoms with Gasteiger partial charge in [-0.1, -0.05) is 27.7 Å². The highest BCUT2D eigenvalue weighted by molar-refractivity contribution is 7.11. The van der Waals surface area contributed by atoms with Crippen molar-refractivity contribution in [3.8, 4) is 0 Å². The third-order valence-electron chi connectivity index (χ3n) is 2.62. The van der Waals surface area contributed by atoms with E-state index < -0.39 is 0 Å². The zero-order valence-corrected chi connectivity index (χ0v) is 12.9. The molecule has 1 amide bonds. The van der Waals surface area contributed by atoms with Gasteiger partial charge in [0.2, 0.25) is 5.91 Å². The number of hydrogen-bond acceptors (Lipinski definition) is 3. The van der Waals surface area contributed by atoms with Crippen molar-refractivity contribution < 1.29 is 4.79 Å². The first-order valence-electron chi connectivity index (χ1n) is 6.53. The van der Waals surface area contributed by atoms with Crippen LogP contribution in [0.5, 0.6) is 0 Å². The zero-order chi connectivity index (χ0) is 13.8. The molecular formula is C14H24N2OS. The van der Waals surface area contributed by atoms with Crippen molar-refractivity contribution in [2.24, 2.45) is 5.41 Å². The van der Waals surface area contributed by atoms with Gasteiger partial charge in [0.15, 0.2) is 0 Å². The second kappa shape index (κ2) is 6.32. The van der Waals surface area contributed by atoms with Gasteiger partial charge in [-0.15, -0.1) is 11.3 Å². The van der Waals surface area contributed by atoms with Gasteiger partial charge in [0, 0.05) is 24.3 Å². The highest BCUT2D eigenvalue weighted by Crippen LogP contribution is 2.19. The Bertz CT molecular complexity index is 404. The Morgan fingerprint density at radius 2 is 2.06 bits per heavy atom. The Kier molecular flexibility index (Phi) is 5.32. The molecule has 0 fully saturated rings. The van der Waals surface area contributed by atoms with E-state index in [1.54, 1.807) is 11.3 Å². The molecule has 0 saturated heterocycles. The van der Waals surface area contributed by atoms with E-state index in [1.165, 1.54) is 10.6 Å². The van der Waals surface area contributed by atoms with Gasteiger partial charge in [0.05, 0.1) is 10.7 Å². The normalized spacial score (nSPS) is 11.6. The van der Waals surface area contributed by atoms with Crippen molar-refractivity contribution in [1.29, 1.82) is 0 Å². The van der Waals surface area contributed by atoms with E-state index in [-0.39, 0.29) is 11.3 Å². The fraction of sp³-hybridized carbons (Fsp3) is 0.714. The number of thiazole rings is 1. The molecule has 4 heteroatoms. The number of carbonyl (C=O) groups is 1. The van der Waals surface area contributed by atoms with Gasteiger partial charge in [-0.3, -0.25) is 4.79 Å². The second-order valence-corrected chi connectivity index (χ2v) is 7.09. The summed E-state index contributed by atoms with van der Waals surface area (Å²) in [5, 5.41) is 4.09. The van der Waals surface area contributed by atoms with Crippen LogP contribution in [0, 0.1) is 12.3 Å². The quantitative estimate of drug-likeness (QED) is 0.891. The lowest BCUT2D eigenvalue weighted by molar-refractivity contribution is -0.122. The molecule has 1 heterocycles. The first-order valence-corrected chi connectivity index (χ1v) is 7.35. The summed E-state index contributed by atoms with van der Waals surface area (Å²) in [7, 11) is 0. The molecule has 1 aromatic rings. The summed E-state index contributed by atoms with van der Waals surface area (Å²) in [6, 6.07) is 0. The van der Waals surface area contributed by atoms with Gasteiger partial charge in [0.25, 0.3) is 0 Å². The van der Waals surface area contributed by atoms with Crippen LogP contribution < -0.4 is 5.32 Å². The first kappa shape index (κ1) is 15.2. The smallest absolute Gasteiger partial charge is 0.220 e. The maximum absolute atomic E-state index is 11.6. The number of aromatic nitrogens is 1. The minimum Gasteiger partial charge on any atom is -0.356 e. The minimum absolute atomic E-state index is 0.0528. The molecule has 0 bridgehead atoms. The minimum atomic E-state index is 0.0528. The molecule has 0 aromatic carbocycles. The van der Waals surface area contributed by atoms with E-state index in [0.717, 1.165) is 17.8 Å². The average Bonchev–Trinajstić information content (AvgIpc) is 2.56. The number of amides is 1. The molecule has 0 unspecified atom stereocenters. The molecular weight excluding hydrogens is 244 g/mol. The molecule has 18 heavy (non-hydrogen) atoms. The number of rotatable bonds is 5. The molecule has 3 nitrogen and oxygen atoms in total. The second-order valence-electron chi connectivity index (χ2n) is 5.80. The zero-order valence-electron chi connectivity index (χ0n) is 12.1. The van der Waals surface area contributed by atoms with E-state index in [0.29, 0.717) is 13.0 Å². The molecule has 102 valence electrons. The maximum atomic E-state index is 11.6. The summed E-state index contributed by atoms with van der Waals surface area (Å²) < 4.78 is 0. The molecule has 0 radical (unpaired) electrons. The predicted octanol–water partition coefficient (Wildman–Crippen LogP) is 3.11. The van der Waals surface area contributed by atoms with E-state index in [4.69, 9.17) is 0 Å². The predicted molar refractivity (Wildman–Crippen MR) is 77.0 cm³/mol. The van der Waals surface area contributed by atoms with Gasteiger partial charge in [-0.2, -0.15) is 0 Å². The lowest BCUT2D eigenvalue weighted by Gasteiger charge is -2.16. The van der Waals surface area contributed by atoms with E-state index in [9.17, 15) is 4.79 Å². The molecule has 1 aromatic heterocycles. The van der Waals surface area contributed by atoms with Crippen LogP contribution in [0.2, 0.25) is 0 Å². The maximum Gasteiger partial charge on any atom is 0.220 e. The number of nitrogens with one attached hydrogen (secondary N) is 1. The van der Waals surface area contributed by atoms with Gasteiger partial charge in [0.1, 0.15) is 0 Å².